The Morgan fingerprint density at radius 2 is 1.96 bits per heavy atom. The second-order valence-electron chi connectivity index (χ2n) is 8.64. The molecule has 3 aliphatic rings. The molecular weight excluding hydrogens is 374 g/mol. The second kappa shape index (κ2) is 7.15. The van der Waals surface area contributed by atoms with Crippen LogP contribution in [0.5, 0.6) is 5.75 Å². The molecular formula is C22H31NO4S. The van der Waals surface area contributed by atoms with E-state index < -0.39 is 10.3 Å². The highest BCUT2D eigenvalue weighted by atomic mass is 32.2. The minimum absolute atomic E-state index is 0.0146. The van der Waals surface area contributed by atoms with Crippen LogP contribution in [0.2, 0.25) is 0 Å². The maximum atomic E-state index is 12.4. The summed E-state index contributed by atoms with van der Waals surface area (Å²) in [7, 11) is -3.76. The van der Waals surface area contributed by atoms with E-state index in [1.807, 2.05) is 12.1 Å². The van der Waals surface area contributed by atoms with Crippen LogP contribution in [0.25, 0.3) is 0 Å². The van der Waals surface area contributed by atoms with Crippen molar-refractivity contribution in [1.82, 2.24) is 4.31 Å². The van der Waals surface area contributed by atoms with Gasteiger partial charge in [0.05, 0.1) is 6.10 Å². The zero-order valence-corrected chi connectivity index (χ0v) is 17.8. The number of hydrogen-bond donors (Lipinski definition) is 1. The van der Waals surface area contributed by atoms with Crippen molar-refractivity contribution in [2.75, 3.05) is 13.1 Å². The lowest BCUT2D eigenvalue weighted by atomic mass is 9.59. The Bertz CT molecular complexity index is 890. The summed E-state index contributed by atoms with van der Waals surface area (Å²) >= 11 is 0. The lowest BCUT2D eigenvalue weighted by Gasteiger charge is -2.46. The minimum Gasteiger partial charge on any atom is -0.393 e. The molecule has 2 saturated carbocycles. The number of hydrogen-bond acceptors (Lipinski definition) is 4. The number of aliphatic hydroxyl groups is 1. The zero-order chi connectivity index (χ0) is 20.1. The summed E-state index contributed by atoms with van der Waals surface area (Å²) in [6, 6.07) is 5.73. The quantitative estimate of drug-likeness (QED) is 0.757. The molecule has 0 heterocycles. The molecule has 2 fully saturated rings. The summed E-state index contributed by atoms with van der Waals surface area (Å²) in [5.74, 6) is 1.24. The molecule has 5 nitrogen and oxygen atoms in total. The van der Waals surface area contributed by atoms with Crippen LogP contribution in [-0.4, -0.2) is 37.0 Å². The Morgan fingerprint density at radius 1 is 1.21 bits per heavy atom. The van der Waals surface area contributed by atoms with Crippen LogP contribution in [0.4, 0.5) is 0 Å². The fourth-order valence-corrected chi connectivity index (χ4v) is 6.77. The first-order chi connectivity index (χ1) is 13.3. The molecule has 0 radical (unpaired) electrons. The maximum absolute atomic E-state index is 12.4. The summed E-state index contributed by atoms with van der Waals surface area (Å²) in [6.07, 6.45) is 6.98. The summed E-state index contributed by atoms with van der Waals surface area (Å²) in [6.45, 7) is 6.64. The van der Waals surface area contributed by atoms with Gasteiger partial charge in [0.15, 0.2) is 0 Å². The van der Waals surface area contributed by atoms with E-state index in [1.54, 1.807) is 19.9 Å². The fraction of sp³-hybridized carbons (Fsp3) is 0.636. The van der Waals surface area contributed by atoms with E-state index in [1.165, 1.54) is 15.4 Å². The Morgan fingerprint density at radius 3 is 2.68 bits per heavy atom. The van der Waals surface area contributed by atoms with Crippen LogP contribution in [0, 0.1) is 11.3 Å². The van der Waals surface area contributed by atoms with Crippen molar-refractivity contribution in [3.05, 3.63) is 41.0 Å². The van der Waals surface area contributed by atoms with E-state index in [4.69, 9.17) is 4.18 Å². The summed E-state index contributed by atoms with van der Waals surface area (Å²) < 4.78 is 31.5. The smallest absolute Gasteiger partial charge is 0.385 e. The van der Waals surface area contributed by atoms with E-state index in [9.17, 15) is 13.5 Å². The Labute approximate surface area is 168 Å². The van der Waals surface area contributed by atoms with E-state index in [2.05, 4.69) is 13.0 Å². The number of benzene rings is 1. The Kier molecular flexibility index (Phi) is 5.09. The predicted molar refractivity (Wildman–Crippen MR) is 110 cm³/mol. The van der Waals surface area contributed by atoms with Crippen LogP contribution in [0.15, 0.2) is 29.8 Å². The van der Waals surface area contributed by atoms with E-state index >= 15 is 0 Å². The molecule has 0 aliphatic heterocycles. The molecule has 3 aliphatic carbocycles. The second-order valence-corrected chi connectivity index (χ2v) is 10.2. The molecule has 1 aromatic rings. The number of fused-ring (bicyclic) bond motifs is 5. The van der Waals surface area contributed by atoms with Crippen molar-refractivity contribution in [1.29, 1.82) is 0 Å². The molecule has 2 unspecified atom stereocenters. The van der Waals surface area contributed by atoms with E-state index in [0.717, 1.165) is 37.7 Å². The van der Waals surface area contributed by atoms with Crippen LogP contribution in [0.3, 0.4) is 0 Å². The molecule has 0 saturated heterocycles. The molecule has 1 aromatic carbocycles. The topological polar surface area (TPSA) is 66.8 Å². The van der Waals surface area contributed by atoms with Crippen LogP contribution < -0.4 is 4.18 Å². The molecule has 4 atom stereocenters. The van der Waals surface area contributed by atoms with Gasteiger partial charge < -0.3 is 9.29 Å². The van der Waals surface area contributed by atoms with Gasteiger partial charge in [-0.2, -0.15) is 12.7 Å². The SMILES string of the molecule is CCN(CC)S(=O)(=O)Oc1ccc2c(c1)CC=C1C2CC[C@@]2(C)C1CC[C@@H]2O. The standard InChI is InChI=1S/C22H31NO4S/c1-4-23(5-2)28(25,26)27-16-7-9-17-15(14-16)6-8-19-18(17)12-13-22(3)20(19)10-11-21(22)24/h7-9,14,18,20-21,24H,4-6,10-13H2,1-3H3/t18?,20?,21-,22-/m0/s1. The zero-order valence-electron chi connectivity index (χ0n) is 17.0. The first kappa shape index (κ1) is 19.9. The van der Waals surface area contributed by atoms with Crippen molar-refractivity contribution >= 4 is 10.3 Å². The Hall–Kier alpha value is -1.37. The first-order valence-electron chi connectivity index (χ1n) is 10.5. The molecule has 0 spiro atoms. The third kappa shape index (κ3) is 3.10. The van der Waals surface area contributed by atoms with Crippen molar-refractivity contribution in [3.63, 3.8) is 0 Å². The Balaban J connectivity index is 1.59. The van der Waals surface area contributed by atoms with Gasteiger partial charge in [0.2, 0.25) is 0 Å². The van der Waals surface area contributed by atoms with Gasteiger partial charge in [0.25, 0.3) is 0 Å². The monoisotopic (exact) mass is 405 g/mol. The van der Waals surface area contributed by atoms with Gasteiger partial charge in [-0.1, -0.05) is 38.5 Å². The van der Waals surface area contributed by atoms with Gasteiger partial charge in [0, 0.05) is 24.4 Å². The molecule has 154 valence electrons. The third-order valence-corrected chi connectivity index (χ3v) is 8.89. The number of rotatable bonds is 5. The van der Waals surface area contributed by atoms with Crippen molar-refractivity contribution < 1.29 is 17.7 Å². The average Bonchev–Trinajstić information content (AvgIpc) is 2.96. The normalized spacial score (nSPS) is 31.8. The van der Waals surface area contributed by atoms with Crippen molar-refractivity contribution in [3.8, 4) is 5.75 Å². The van der Waals surface area contributed by atoms with E-state index in [-0.39, 0.29) is 11.5 Å². The number of aliphatic hydroxyl groups excluding tert-OH is 1. The fourth-order valence-electron chi connectivity index (χ4n) is 5.68. The van der Waals surface area contributed by atoms with Crippen LogP contribution in [0.1, 0.15) is 63.5 Å². The van der Waals surface area contributed by atoms with Gasteiger partial charge in [-0.25, -0.2) is 0 Å². The maximum Gasteiger partial charge on any atom is 0.385 e. The van der Waals surface area contributed by atoms with Crippen molar-refractivity contribution in [2.45, 2.75) is 64.9 Å². The molecule has 0 bridgehead atoms. The largest absolute Gasteiger partial charge is 0.393 e. The molecule has 0 aromatic heterocycles. The van der Waals surface area contributed by atoms with Gasteiger partial charge in [-0.15, -0.1) is 0 Å². The summed E-state index contributed by atoms with van der Waals surface area (Å²) in [5, 5.41) is 10.5. The van der Waals surface area contributed by atoms with Crippen molar-refractivity contribution in [2.24, 2.45) is 11.3 Å². The van der Waals surface area contributed by atoms with Crippen LogP contribution >= 0.6 is 0 Å². The lowest BCUT2D eigenvalue weighted by Crippen LogP contribution is -2.39. The predicted octanol–water partition coefficient (Wildman–Crippen LogP) is 3.79. The first-order valence-corrected chi connectivity index (χ1v) is 11.9. The summed E-state index contributed by atoms with van der Waals surface area (Å²) in [4.78, 5) is 0. The molecule has 0 amide bonds. The number of allylic oxidation sites excluding steroid dienone is 2. The van der Waals surface area contributed by atoms with Gasteiger partial charge in [0.1, 0.15) is 5.75 Å². The van der Waals surface area contributed by atoms with Gasteiger partial charge in [-0.05, 0) is 61.3 Å². The highest BCUT2D eigenvalue weighted by Crippen LogP contribution is 2.59. The minimum atomic E-state index is -3.76. The lowest BCUT2D eigenvalue weighted by molar-refractivity contribution is 0.0267. The highest BCUT2D eigenvalue weighted by molar-refractivity contribution is 7.84. The number of nitrogens with zero attached hydrogens (tertiary/aromatic N) is 1. The van der Waals surface area contributed by atoms with Gasteiger partial charge >= 0.3 is 10.3 Å². The summed E-state index contributed by atoms with van der Waals surface area (Å²) in [5.41, 5.74) is 3.96. The average molecular weight is 406 g/mol. The molecule has 4 rings (SSSR count). The van der Waals surface area contributed by atoms with Crippen LogP contribution in [-0.2, 0) is 16.7 Å². The highest BCUT2D eigenvalue weighted by Gasteiger charge is 2.51. The molecule has 6 heteroatoms. The molecule has 28 heavy (non-hydrogen) atoms. The third-order valence-electron chi connectivity index (χ3n) is 7.33. The van der Waals surface area contributed by atoms with Gasteiger partial charge in [-0.3, -0.25) is 0 Å². The molecule has 1 N–H and O–H groups in total. The van der Waals surface area contributed by atoms with E-state index in [0.29, 0.717) is 30.7 Å².